The van der Waals surface area contributed by atoms with Crippen LogP contribution in [0.15, 0.2) is 36.4 Å². The van der Waals surface area contributed by atoms with Crippen molar-refractivity contribution in [1.82, 2.24) is 5.32 Å². The molecule has 1 aliphatic heterocycles. The third-order valence-electron chi connectivity index (χ3n) is 4.18. The van der Waals surface area contributed by atoms with Crippen molar-refractivity contribution in [3.63, 3.8) is 0 Å². The second-order valence-electron chi connectivity index (χ2n) is 5.87. The van der Waals surface area contributed by atoms with Crippen LogP contribution in [0.1, 0.15) is 12.0 Å². The highest BCUT2D eigenvalue weighted by molar-refractivity contribution is 7.91. The summed E-state index contributed by atoms with van der Waals surface area (Å²) in [6, 6.07) is 11.8. The number of hydrogen-bond donors (Lipinski definition) is 1. The van der Waals surface area contributed by atoms with Crippen molar-refractivity contribution < 1.29 is 17.9 Å². The highest BCUT2D eigenvalue weighted by atomic mass is 32.2. The van der Waals surface area contributed by atoms with Crippen LogP contribution in [0, 0.1) is 5.92 Å². The number of fused-ring (bicyclic) bond motifs is 1. The van der Waals surface area contributed by atoms with Gasteiger partial charge in [-0.05, 0) is 41.0 Å². The third kappa shape index (κ3) is 3.64. The van der Waals surface area contributed by atoms with Crippen LogP contribution < -0.4 is 10.1 Å². The molecular weight excluding hydrogens is 314 g/mol. The molecule has 1 saturated heterocycles. The maximum atomic E-state index is 12.1. The Morgan fingerprint density at radius 2 is 1.96 bits per heavy atom. The predicted molar refractivity (Wildman–Crippen MR) is 89.1 cm³/mol. The smallest absolute Gasteiger partial charge is 0.224 e. The van der Waals surface area contributed by atoms with Crippen LogP contribution in [0.25, 0.3) is 10.8 Å². The molecule has 6 heteroatoms. The van der Waals surface area contributed by atoms with Crippen molar-refractivity contribution in [1.29, 1.82) is 0 Å². The lowest BCUT2D eigenvalue weighted by atomic mass is 10.1. The van der Waals surface area contributed by atoms with E-state index in [-0.39, 0.29) is 17.4 Å². The maximum Gasteiger partial charge on any atom is 0.224 e. The monoisotopic (exact) mass is 333 g/mol. The number of rotatable bonds is 4. The molecule has 1 unspecified atom stereocenters. The Labute approximate surface area is 135 Å². The van der Waals surface area contributed by atoms with Gasteiger partial charge in [-0.1, -0.05) is 18.2 Å². The first-order chi connectivity index (χ1) is 11.0. The summed E-state index contributed by atoms with van der Waals surface area (Å²) < 4.78 is 28.1. The lowest BCUT2D eigenvalue weighted by Crippen LogP contribution is -2.30. The lowest BCUT2D eigenvalue weighted by molar-refractivity contribution is -0.124. The second kappa shape index (κ2) is 6.20. The minimum atomic E-state index is -3.03. The fourth-order valence-corrected chi connectivity index (χ4v) is 4.59. The molecule has 0 bridgehead atoms. The minimum absolute atomic E-state index is 0.0314. The van der Waals surface area contributed by atoms with Crippen LogP contribution in [0.4, 0.5) is 0 Å². The van der Waals surface area contributed by atoms with Crippen LogP contribution in [0.3, 0.4) is 0 Å². The van der Waals surface area contributed by atoms with Crippen LogP contribution in [0.5, 0.6) is 5.75 Å². The van der Waals surface area contributed by atoms with Crippen molar-refractivity contribution in [3.05, 3.63) is 42.0 Å². The van der Waals surface area contributed by atoms with Crippen molar-refractivity contribution in [3.8, 4) is 5.75 Å². The maximum absolute atomic E-state index is 12.1. The van der Waals surface area contributed by atoms with Gasteiger partial charge >= 0.3 is 0 Å². The molecule has 0 radical (unpaired) electrons. The van der Waals surface area contributed by atoms with Crippen molar-refractivity contribution in [2.75, 3.05) is 18.6 Å². The van der Waals surface area contributed by atoms with E-state index in [1.54, 1.807) is 7.11 Å². The number of amides is 1. The van der Waals surface area contributed by atoms with Crippen LogP contribution >= 0.6 is 0 Å². The highest BCUT2D eigenvalue weighted by Crippen LogP contribution is 2.22. The molecule has 0 aliphatic carbocycles. The Kier molecular flexibility index (Phi) is 4.26. The second-order valence-corrected chi connectivity index (χ2v) is 8.09. The highest BCUT2D eigenvalue weighted by Gasteiger charge is 2.32. The third-order valence-corrected chi connectivity index (χ3v) is 5.95. The lowest BCUT2D eigenvalue weighted by Gasteiger charge is -2.10. The molecule has 2 aromatic carbocycles. The van der Waals surface area contributed by atoms with Gasteiger partial charge in [-0.2, -0.15) is 0 Å². The van der Waals surface area contributed by atoms with E-state index in [1.807, 2.05) is 36.4 Å². The summed E-state index contributed by atoms with van der Waals surface area (Å²) >= 11 is 0. The molecule has 1 fully saturated rings. The van der Waals surface area contributed by atoms with Gasteiger partial charge in [-0.25, -0.2) is 8.42 Å². The Morgan fingerprint density at radius 1 is 1.22 bits per heavy atom. The fourth-order valence-electron chi connectivity index (χ4n) is 2.85. The number of carbonyl (C=O) groups is 1. The molecule has 1 atom stereocenters. The minimum Gasteiger partial charge on any atom is -0.497 e. The van der Waals surface area contributed by atoms with Crippen molar-refractivity contribution >= 4 is 26.5 Å². The zero-order valence-corrected chi connectivity index (χ0v) is 13.7. The van der Waals surface area contributed by atoms with Gasteiger partial charge in [-0.15, -0.1) is 0 Å². The number of methoxy groups -OCH3 is 1. The van der Waals surface area contributed by atoms with Gasteiger partial charge in [0.15, 0.2) is 9.84 Å². The van der Waals surface area contributed by atoms with Gasteiger partial charge < -0.3 is 10.1 Å². The Morgan fingerprint density at radius 3 is 2.65 bits per heavy atom. The average Bonchev–Trinajstić information content (AvgIpc) is 2.92. The molecule has 3 rings (SSSR count). The van der Waals surface area contributed by atoms with E-state index in [9.17, 15) is 13.2 Å². The van der Waals surface area contributed by atoms with Crippen LogP contribution in [0.2, 0.25) is 0 Å². The zero-order valence-electron chi connectivity index (χ0n) is 12.9. The predicted octanol–water partition coefficient (Wildman–Crippen LogP) is 1.90. The first-order valence-corrected chi connectivity index (χ1v) is 9.34. The van der Waals surface area contributed by atoms with Crippen LogP contribution in [-0.2, 0) is 21.2 Å². The standard InChI is InChI=1S/C17H19NO4S/c1-22-16-5-4-13-8-12(2-3-14(13)9-16)10-18-17(19)15-6-7-23(20,21)11-15/h2-5,8-9,15H,6-7,10-11H2,1H3,(H,18,19). The first kappa shape index (κ1) is 15.8. The van der Waals surface area contributed by atoms with Crippen molar-refractivity contribution in [2.24, 2.45) is 5.92 Å². The quantitative estimate of drug-likeness (QED) is 0.927. The zero-order chi connectivity index (χ0) is 16.4. The normalized spacial score (nSPS) is 19.6. The Balaban J connectivity index is 1.66. The number of sulfone groups is 1. The number of ether oxygens (including phenoxy) is 1. The molecule has 23 heavy (non-hydrogen) atoms. The summed E-state index contributed by atoms with van der Waals surface area (Å²) in [7, 11) is -1.40. The van der Waals surface area contributed by atoms with E-state index in [1.165, 1.54) is 0 Å². The van der Waals surface area contributed by atoms with E-state index in [0.29, 0.717) is 13.0 Å². The van der Waals surface area contributed by atoms with Gasteiger partial charge in [0, 0.05) is 6.54 Å². The Bertz CT molecular complexity index is 845. The molecule has 1 N–H and O–H groups in total. The molecule has 2 aromatic rings. The summed E-state index contributed by atoms with van der Waals surface area (Å²) in [5.41, 5.74) is 0.983. The Hall–Kier alpha value is -2.08. The van der Waals surface area contributed by atoms with E-state index in [0.717, 1.165) is 22.1 Å². The summed E-state index contributed by atoms with van der Waals surface area (Å²) in [4.78, 5) is 12.1. The largest absolute Gasteiger partial charge is 0.497 e. The SMILES string of the molecule is COc1ccc2cc(CNC(=O)C3CCS(=O)(=O)C3)ccc2c1. The van der Waals surface area contributed by atoms with E-state index in [4.69, 9.17) is 4.74 Å². The molecule has 5 nitrogen and oxygen atoms in total. The molecule has 1 aliphatic rings. The number of carbonyl (C=O) groups excluding carboxylic acids is 1. The molecule has 1 amide bonds. The molecule has 0 aromatic heterocycles. The van der Waals surface area contributed by atoms with Crippen LogP contribution in [-0.4, -0.2) is 32.9 Å². The topological polar surface area (TPSA) is 72.5 Å². The van der Waals surface area contributed by atoms with E-state index in [2.05, 4.69) is 5.32 Å². The van der Waals surface area contributed by atoms with Gasteiger partial charge in [-0.3, -0.25) is 4.79 Å². The van der Waals surface area contributed by atoms with Gasteiger partial charge in [0.2, 0.25) is 5.91 Å². The van der Waals surface area contributed by atoms with E-state index >= 15 is 0 Å². The van der Waals surface area contributed by atoms with E-state index < -0.39 is 15.8 Å². The first-order valence-electron chi connectivity index (χ1n) is 7.52. The summed E-state index contributed by atoms with van der Waals surface area (Å²) in [5, 5.41) is 4.98. The molecular formula is C17H19NO4S. The summed E-state index contributed by atoms with van der Waals surface area (Å²) in [5.74, 6) is 0.297. The molecule has 0 saturated carbocycles. The molecule has 1 heterocycles. The molecule has 122 valence electrons. The number of nitrogens with one attached hydrogen (secondary N) is 1. The summed E-state index contributed by atoms with van der Waals surface area (Å²) in [6.45, 7) is 0.400. The van der Waals surface area contributed by atoms with Gasteiger partial charge in [0.25, 0.3) is 0 Å². The van der Waals surface area contributed by atoms with Gasteiger partial charge in [0.1, 0.15) is 5.75 Å². The number of hydrogen-bond acceptors (Lipinski definition) is 4. The van der Waals surface area contributed by atoms with Crippen molar-refractivity contribution in [2.45, 2.75) is 13.0 Å². The fraction of sp³-hybridized carbons (Fsp3) is 0.353. The van der Waals surface area contributed by atoms with Gasteiger partial charge in [0.05, 0.1) is 24.5 Å². The number of benzene rings is 2. The molecule has 0 spiro atoms. The summed E-state index contributed by atoms with van der Waals surface area (Å²) in [6.07, 6.45) is 0.422. The average molecular weight is 333 g/mol.